The van der Waals surface area contributed by atoms with Crippen molar-refractivity contribution in [1.29, 1.82) is 0 Å². The second kappa shape index (κ2) is 13.7. The zero-order valence-electron chi connectivity index (χ0n) is 25.9. The first-order valence-electron chi connectivity index (χ1n) is 15.2. The van der Waals surface area contributed by atoms with Crippen molar-refractivity contribution in [2.45, 2.75) is 135 Å². The Bertz CT molecular complexity index is 895. The standard InChI is InChI=1S/C31H53NO8/c1-10-21-14-17(3)23(33)12-13-31(7)29(40-31)20(6)25(11-2)38-26(35)16-24(34)19(5)28(21)39-30-27(36)22(32(8)9)15-18(4)37-30/h12-13,17-22,24-25,27-30,34,36H,10-11,14-16H2,1-9H3. The molecule has 3 aliphatic heterocycles. The topological polar surface area (TPSA) is 118 Å². The summed E-state index contributed by atoms with van der Waals surface area (Å²) in [5.41, 5.74) is -0.580. The molecule has 0 aliphatic carbocycles. The third-order valence-corrected chi connectivity index (χ3v) is 9.42. The van der Waals surface area contributed by atoms with Crippen LogP contribution in [0.1, 0.15) is 80.6 Å². The number of aliphatic hydroxyl groups excluding tert-OH is 2. The largest absolute Gasteiger partial charge is 0.462 e. The normalized spacial score (nSPS) is 45.7. The molecule has 0 spiro atoms. The molecule has 13 unspecified atom stereocenters. The molecular weight excluding hydrogens is 514 g/mol. The third kappa shape index (κ3) is 7.72. The third-order valence-electron chi connectivity index (χ3n) is 9.42. The number of cyclic esters (lactones) is 1. The van der Waals surface area contributed by atoms with Crippen LogP contribution < -0.4 is 0 Å². The minimum absolute atomic E-state index is 0.00865. The van der Waals surface area contributed by atoms with Gasteiger partial charge in [0.2, 0.25) is 0 Å². The number of carbonyl (C=O) groups excluding carboxylic acids is 2. The number of ketones is 1. The molecule has 40 heavy (non-hydrogen) atoms. The summed E-state index contributed by atoms with van der Waals surface area (Å²) in [5.74, 6) is -1.43. The van der Waals surface area contributed by atoms with Gasteiger partial charge in [-0.25, -0.2) is 0 Å². The lowest BCUT2D eigenvalue weighted by Crippen LogP contribution is -2.56. The Kier molecular flexibility index (Phi) is 11.4. The second-order valence-corrected chi connectivity index (χ2v) is 12.9. The first-order valence-corrected chi connectivity index (χ1v) is 15.2. The summed E-state index contributed by atoms with van der Waals surface area (Å²) in [6.07, 6.45) is 1.71. The Balaban J connectivity index is 1.92. The van der Waals surface area contributed by atoms with Crippen LogP contribution in [0.3, 0.4) is 0 Å². The number of hydrogen-bond acceptors (Lipinski definition) is 9. The lowest BCUT2D eigenvalue weighted by atomic mass is 9.79. The highest BCUT2D eigenvalue weighted by Crippen LogP contribution is 2.45. The van der Waals surface area contributed by atoms with Crippen molar-refractivity contribution in [2.75, 3.05) is 14.1 Å². The van der Waals surface area contributed by atoms with Crippen molar-refractivity contribution < 1.29 is 38.7 Å². The first kappa shape index (κ1) is 33.1. The summed E-state index contributed by atoms with van der Waals surface area (Å²) in [6.45, 7) is 13.6. The quantitative estimate of drug-likeness (QED) is 0.380. The first-order chi connectivity index (χ1) is 18.7. The van der Waals surface area contributed by atoms with Gasteiger partial charge in [-0.2, -0.15) is 0 Å². The molecule has 9 nitrogen and oxygen atoms in total. The van der Waals surface area contributed by atoms with E-state index >= 15 is 0 Å². The number of ether oxygens (including phenoxy) is 4. The fourth-order valence-corrected chi connectivity index (χ4v) is 6.54. The maximum Gasteiger partial charge on any atom is 0.308 e. The maximum absolute atomic E-state index is 13.2. The molecule has 0 saturated carbocycles. The van der Waals surface area contributed by atoms with Gasteiger partial charge in [0.05, 0.1) is 30.8 Å². The number of nitrogens with zero attached hydrogens (tertiary/aromatic N) is 1. The number of rotatable bonds is 5. The van der Waals surface area contributed by atoms with Gasteiger partial charge in [0.15, 0.2) is 12.1 Å². The van der Waals surface area contributed by atoms with Gasteiger partial charge in [0.25, 0.3) is 0 Å². The molecule has 2 saturated heterocycles. The van der Waals surface area contributed by atoms with Crippen LogP contribution in [0.25, 0.3) is 0 Å². The highest BCUT2D eigenvalue weighted by molar-refractivity contribution is 5.91. The number of hydrogen-bond donors (Lipinski definition) is 2. The van der Waals surface area contributed by atoms with E-state index in [1.807, 2.05) is 73.5 Å². The summed E-state index contributed by atoms with van der Waals surface area (Å²) in [7, 11) is 3.84. The minimum Gasteiger partial charge on any atom is -0.462 e. The summed E-state index contributed by atoms with van der Waals surface area (Å²) in [4.78, 5) is 28.2. The molecule has 230 valence electrons. The molecular formula is C31H53NO8. The molecule has 0 aromatic carbocycles. The van der Waals surface area contributed by atoms with Gasteiger partial charge < -0.3 is 34.1 Å². The minimum atomic E-state index is -1.04. The number of allylic oxidation sites excluding steroid dienone is 1. The number of fused-ring (bicyclic) bond motifs is 1. The van der Waals surface area contributed by atoms with Crippen LogP contribution in [0.4, 0.5) is 0 Å². The second-order valence-electron chi connectivity index (χ2n) is 12.9. The highest BCUT2D eigenvalue weighted by Gasteiger charge is 2.55. The SMILES string of the molecule is CCC1CC(C)C(=O)C=CC2(C)OC2C(C)C(CC)OC(=O)CC(O)C(C)C1OC1OC(C)CC(N(C)C)C1O. The van der Waals surface area contributed by atoms with Gasteiger partial charge in [0.1, 0.15) is 17.8 Å². The zero-order chi connectivity index (χ0) is 29.9. The lowest BCUT2D eigenvalue weighted by Gasteiger charge is -2.44. The van der Waals surface area contributed by atoms with Gasteiger partial charge in [-0.15, -0.1) is 0 Å². The number of likely N-dealkylation sites (N-methyl/N-ethyl adjacent to an activating group) is 1. The molecule has 0 radical (unpaired) electrons. The average molecular weight is 568 g/mol. The number of carbonyl (C=O) groups is 2. The molecule has 9 heteroatoms. The summed E-state index contributed by atoms with van der Waals surface area (Å²) in [6, 6.07) is -0.149. The highest BCUT2D eigenvalue weighted by atomic mass is 16.7. The van der Waals surface area contributed by atoms with Crippen LogP contribution in [0.15, 0.2) is 12.2 Å². The van der Waals surface area contributed by atoms with Crippen molar-refractivity contribution >= 4 is 11.8 Å². The molecule has 0 aromatic rings. The van der Waals surface area contributed by atoms with E-state index in [-0.39, 0.29) is 54.3 Å². The van der Waals surface area contributed by atoms with Crippen molar-refractivity contribution in [1.82, 2.24) is 4.90 Å². The Morgan fingerprint density at radius 1 is 1.05 bits per heavy atom. The summed E-state index contributed by atoms with van der Waals surface area (Å²) < 4.78 is 24.4. The Labute approximate surface area is 240 Å². The average Bonchev–Trinajstić information content (AvgIpc) is 3.58. The molecule has 3 rings (SSSR count). The van der Waals surface area contributed by atoms with Crippen molar-refractivity contribution in [2.24, 2.45) is 23.7 Å². The molecule has 2 fully saturated rings. The van der Waals surface area contributed by atoms with Gasteiger partial charge in [-0.3, -0.25) is 9.59 Å². The van der Waals surface area contributed by atoms with Crippen LogP contribution in [0, 0.1) is 23.7 Å². The van der Waals surface area contributed by atoms with E-state index in [2.05, 4.69) is 0 Å². The Hall–Kier alpha value is -1.36. The van der Waals surface area contributed by atoms with Crippen molar-refractivity contribution in [3.63, 3.8) is 0 Å². The smallest absolute Gasteiger partial charge is 0.308 e. The Morgan fingerprint density at radius 2 is 1.73 bits per heavy atom. The van der Waals surface area contributed by atoms with Crippen molar-refractivity contribution in [3.8, 4) is 0 Å². The number of epoxide rings is 1. The molecule has 3 aliphatic rings. The number of aliphatic hydroxyl groups is 2. The van der Waals surface area contributed by atoms with Crippen LogP contribution >= 0.6 is 0 Å². The van der Waals surface area contributed by atoms with Gasteiger partial charge in [-0.05, 0) is 65.3 Å². The van der Waals surface area contributed by atoms with Crippen LogP contribution in [0.2, 0.25) is 0 Å². The molecule has 0 amide bonds. The van der Waals surface area contributed by atoms with Crippen molar-refractivity contribution in [3.05, 3.63) is 12.2 Å². The van der Waals surface area contributed by atoms with E-state index in [0.717, 1.165) is 0 Å². The fraction of sp³-hybridized carbons (Fsp3) is 0.871. The van der Waals surface area contributed by atoms with Gasteiger partial charge in [0, 0.05) is 23.8 Å². The molecule has 13 atom stereocenters. The van der Waals surface area contributed by atoms with E-state index in [1.165, 1.54) is 0 Å². The maximum atomic E-state index is 13.2. The molecule has 2 N–H and O–H groups in total. The number of esters is 1. The Morgan fingerprint density at radius 3 is 2.33 bits per heavy atom. The van der Waals surface area contributed by atoms with E-state index in [1.54, 1.807) is 6.08 Å². The van der Waals surface area contributed by atoms with E-state index in [9.17, 15) is 19.8 Å². The van der Waals surface area contributed by atoms with E-state index in [4.69, 9.17) is 18.9 Å². The molecule has 0 aromatic heterocycles. The fourth-order valence-electron chi connectivity index (χ4n) is 6.54. The van der Waals surface area contributed by atoms with E-state index < -0.39 is 42.1 Å². The van der Waals surface area contributed by atoms with Gasteiger partial charge in [-0.1, -0.05) is 41.0 Å². The predicted octanol–water partition coefficient (Wildman–Crippen LogP) is 3.49. The van der Waals surface area contributed by atoms with Crippen LogP contribution in [0.5, 0.6) is 0 Å². The van der Waals surface area contributed by atoms with Crippen LogP contribution in [-0.2, 0) is 28.5 Å². The van der Waals surface area contributed by atoms with E-state index in [0.29, 0.717) is 25.7 Å². The summed E-state index contributed by atoms with van der Waals surface area (Å²) in [5, 5.41) is 22.4. The van der Waals surface area contributed by atoms with Gasteiger partial charge >= 0.3 is 5.97 Å². The van der Waals surface area contributed by atoms with Crippen LogP contribution in [-0.4, -0.2) is 95.5 Å². The summed E-state index contributed by atoms with van der Waals surface area (Å²) >= 11 is 0. The monoisotopic (exact) mass is 567 g/mol. The molecule has 3 heterocycles. The predicted molar refractivity (Wildman–Crippen MR) is 151 cm³/mol. The lowest BCUT2D eigenvalue weighted by molar-refractivity contribution is -0.283. The molecule has 0 bridgehead atoms. The zero-order valence-corrected chi connectivity index (χ0v) is 25.9.